The zero-order valence-corrected chi connectivity index (χ0v) is 20.1. The van der Waals surface area contributed by atoms with Crippen LogP contribution in [0.1, 0.15) is 33.2 Å². The van der Waals surface area contributed by atoms with Gasteiger partial charge in [-0.3, -0.25) is 4.79 Å². The maximum absolute atomic E-state index is 12.7. The molecule has 0 bridgehead atoms. The van der Waals surface area contributed by atoms with Crippen molar-refractivity contribution < 1.29 is 33.3 Å². The zero-order valence-electron chi connectivity index (χ0n) is 19.3. The van der Waals surface area contributed by atoms with E-state index in [-0.39, 0.29) is 29.2 Å². The van der Waals surface area contributed by atoms with Crippen LogP contribution in [-0.4, -0.2) is 45.3 Å². The average Bonchev–Trinajstić information content (AvgIpc) is 3.25. The summed E-state index contributed by atoms with van der Waals surface area (Å²) in [6.07, 6.45) is 0. The highest BCUT2D eigenvalue weighted by Crippen LogP contribution is 2.36. The van der Waals surface area contributed by atoms with Crippen molar-refractivity contribution in [1.29, 1.82) is 0 Å². The molecule has 0 radical (unpaired) electrons. The minimum absolute atomic E-state index is 0.0743. The van der Waals surface area contributed by atoms with E-state index < -0.39 is 24.5 Å². The molecule has 9 heteroatoms. The first-order chi connectivity index (χ1) is 16.4. The quantitative estimate of drug-likeness (QED) is 0.440. The molecular formula is C25H25NO7S. The highest BCUT2D eigenvalue weighted by molar-refractivity contribution is 7.15. The van der Waals surface area contributed by atoms with Gasteiger partial charge in [0, 0.05) is 10.9 Å². The van der Waals surface area contributed by atoms with Crippen molar-refractivity contribution in [2.24, 2.45) is 0 Å². The van der Waals surface area contributed by atoms with Gasteiger partial charge in [0.1, 0.15) is 27.6 Å². The van der Waals surface area contributed by atoms with E-state index in [2.05, 4.69) is 5.32 Å². The van der Waals surface area contributed by atoms with Gasteiger partial charge in [0.25, 0.3) is 5.91 Å². The third kappa shape index (κ3) is 5.55. The number of thiophene rings is 1. The van der Waals surface area contributed by atoms with Crippen LogP contribution in [0.2, 0.25) is 0 Å². The lowest BCUT2D eigenvalue weighted by atomic mass is 10.0. The molecule has 8 nitrogen and oxygen atoms in total. The van der Waals surface area contributed by atoms with Gasteiger partial charge >= 0.3 is 11.9 Å². The fourth-order valence-electron chi connectivity index (χ4n) is 3.22. The summed E-state index contributed by atoms with van der Waals surface area (Å²) in [7, 11) is 2.83. The summed E-state index contributed by atoms with van der Waals surface area (Å²) in [6.45, 7) is 3.30. The predicted octanol–water partition coefficient (Wildman–Crippen LogP) is 4.71. The normalized spacial score (nSPS) is 10.4. The number of esters is 2. The minimum Gasteiger partial charge on any atom is -0.496 e. The number of methoxy groups -OCH3 is 2. The largest absolute Gasteiger partial charge is 0.496 e. The van der Waals surface area contributed by atoms with Crippen LogP contribution in [0.5, 0.6) is 11.5 Å². The fraction of sp³-hybridized carbons (Fsp3) is 0.240. The Balaban J connectivity index is 1.78. The molecule has 0 saturated heterocycles. The van der Waals surface area contributed by atoms with E-state index in [1.54, 1.807) is 30.5 Å². The second-order valence-electron chi connectivity index (χ2n) is 7.10. The summed E-state index contributed by atoms with van der Waals surface area (Å²) in [5.74, 6) is -1.41. The Labute approximate surface area is 201 Å². The number of hydrogen-bond acceptors (Lipinski definition) is 8. The van der Waals surface area contributed by atoms with Crippen molar-refractivity contribution in [2.75, 3.05) is 32.8 Å². The SMILES string of the molecule is CCOC(=O)c1c(-c2ccc(C)cc2)csc1NC(=O)COC(=O)c1c(OC)cccc1OC. The lowest BCUT2D eigenvalue weighted by molar-refractivity contribution is -0.119. The zero-order chi connectivity index (χ0) is 24.7. The Hall–Kier alpha value is -3.85. The van der Waals surface area contributed by atoms with E-state index in [0.29, 0.717) is 10.6 Å². The van der Waals surface area contributed by atoms with Crippen molar-refractivity contribution >= 4 is 34.2 Å². The molecule has 34 heavy (non-hydrogen) atoms. The van der Waals surface area contributed by atoms with Crippen LogP contribution in [0.3, 0.4) is 0 Å². The van der Waals surface area contributed by atoms with Crippen molar-refractivity contribution in [3.8, 4) is 22.6 Å². The molecule has 3 aromatic rings. The maximum Gasteiger partial charge on any atom is 0.346 e. The topological polar surface area (TPSA) is 100 Å². The Morgan fingerprint density at radius 2 is 1.50 bits per heavy atom. The van der Waals surface area contributed by atoms with E-state index in [9.17, 15) is 14.4 Å². The number of rotatable bonds is 9. The molecule has 0 unspecified atom stereocenters. The van der Waals surface area contributed by atoms with E-state index >= 15 is 0 Å². The first kappa shape index (κ1) is 24.8. The number of anilines is 1. The smallest absolute Gasteiger partial charge is 0.346 e. The molecule has 3 rings (SSSR count). The number of nitrogens with one attached hydrogen (secondary N) is 1. The Morgan fingerprint density at radius 1 is 0.882 bits per heavy atom. The molecule has 1 aromatic heterocycles. The number of aryl methyl sites for hydroxylation is 1. The first-order valence-electron chi connectivity index (χ1n) is 10.4. The van der Waals surface area contributed by atoms with Gasteiger partial charge in [0.15, 0.2) is 6.61 Å². The molecule has 1 amide bonds. The van der Waals surface area contributed by atoms with Gasteiger partial charge in [-0.05, 0) is 31.5 Å². The number of amides is 1. The number of carbonyl (C=O) groups is 3. The van der Waals surface area contributed by atoms with Crippen LogP contribution in [0, 0.1) is 6.92 Å². The fourth-order valence-corrected chi connectivity index (χ4v) is 4.19. The molecule has 0 aliphatic heterocycles. The predicted molar refractivity (Wildman–Crippen MR) is 129 cm³/mol. The van der Waals surface area contributed by atoms with E-state index in [4.69, 9.17) is 18.9 Å². The Morgan fingerprint density at radius 3 is 2.09 bits per heavy atom. The van der Waals surface area contributed by atoms with E-state index in [1.165, 1.54) is 25.6 Å². The van der Waals surface area contributed by atoms with Crippen LogP contribution in [-0.2, 0) is 14.3 Å². The molecular weight excluding hydrogens is 458 g/mol. The highest BCUT2D eigenvalue weighted by atomic mass is 32.1. The van der Waals surface area contributed by atoms with Crippen LogP contribution in [0.4, 0.5) is 5.00 Å². The van der Waals surface area contributed by atoms with Crippen molar-refractivity contribution in [3.63, 3.8) is 0 Å². The molecule has 0 aliphatic carbocycles. The van der Waals surface area contributed by atoms with Gasteiger partial charge in [-0.1, -0.05) is 35.9 Å². The molecule has 0 saturated carbocycles. The lowest BCUT2D eigenvalue weighted by Crippen LogP contribution is -2.22. The molecule has 0 aliphatic rings. The molecule has 0 spiro atoms. The van der Waals surface area contributed by atoms with Crippen LogP contribution in [0.25, 0.3) is 11.1 Å². The van der Waals surface area contributed by atoms with Crippen molar-refractivity contribution in [2.45, 2.75) is 13.8 Å². The number of hydrogen-bond donors (Lipinski definition) is 1. The van der Waals surface area contributed by atoms with Gasteiger partial charge in [0.05, 0.1) is 20.8 Å². The minimum atomic E-state index is -0.776. The van der Waals surface area contributed by atoms with Gasteiger partial charge in [-0.2, -0.15) is 0 Å². The second kappa shape index (κ2) is 11.3. The third-order valence-corrected chi connectivity index (χ3v) is 5.75. The number of benzene rings is 2. The van der Waals surface area contributed by atoms with Crippen LogP contribution < -0.4 is 14.8 Å². The number of carbonyl (C=O) groups excluding carboxylic acids is 3. The van der Waals surface area contributed by atoms with E-state index in [1.807, 2.05) is 31.2 Å². The summed E-state index contributed by atoms with van der Waals surface area (Å²) in [5, 5.41) is 4.74. The van der Waals surface area contributed by atoms with Gasteiger partial charge in [0.2, 0.25) is 0 Å². The number of ether oxygens (including phenoxy) is 4. The van der Waals surface area contributed by atoms with Crippen molar-refractivity contribution in [3.05, 3.63) is 64.5 Å². The molecule has 2 aromatic carbocycles. The average molecular weight is 484 g/mol. The summed E-state index contributed by atoms with van der Waals surface area (Å²) in [5.41, 5.74) is 2.88. The van der Waals surface area contributed by atoms with Gasteiger partial charge in [-0.15, -0.1) is 11.3 Å². The Kier molecular flexibility index (Phi) is 8.26. The van der Waals surface area contributed by atoms with Crippen LogP contribution >= 0.6 is 11.3 Å². The lowest BCUT2D eigenvalue weighted by Gasteiger charge is -2.12. The molecule has 1 heterocycles. The molecule has 0 atom stereocenters. The Bertz CT molecular complexity index is 1160. The standard InChI is InChI=1S/C25H25NO7S/c1-5-32-24(28)21-17(16-11-9-15(2)10-12-16)14-34-23(21)26-20(27)13-33-25(29)22-18(30-3)7-6-8-19(22)31-4/h6-12,14H,5,13H2,1-4H3,(H,26,27). The van der Waals surface area contributed by atoms with Crippen LogP contribution in [0.15, 0.2) is 47.8 Å². The second-order valence-corrected chi connectivity index (χ2v) is 7.98. The summed E-state index contributed by atoms with van der Waals surface area (Å²) in [6, 6.07) is 12.5. The summed E-state index contributed by atoms with van der Waals surface area (Å²) >= 11 is 1.19. The summed E-state index contributed by atoms with van der Waals surface area (Å²) in [4.78, 5) is 37.9. The van der Waals surface area contributed by atoms with Gasteiger partial charge in [-0.25, -0.2) is 9.59 Å². The van der Waals surface area contributed by atoms with Gasteiger partial charge < -0.3 is 24.3 Å². The maximum atomic E-state index is 12.7. The first-order valence-corrected chi connectivity index (χ1v) is 11.3. The summed E-state index contributed by atoms with van der Waals surface area (Å²) < 4.78 is 20.8. The monoisotopic (exact) mass is 483 g/mol. The molecule has 0 fully saturated rings. The third-order valence-electron chi connectivity index (χ3n) is 4.85. The highest BCUT2D eigenvalue weighted by Gasteiger charge is 2.24. The van der Waals surface area contributed by atoms with E-state index in [0.717, 1.165) is 11.1 Å². The molecule has 1 N–H and O–H groups in total. The molecule has 178 valence electrons. The van der Waals surface area contributed by atoms with Crippen molar-refractivity contribution in [1.82, 2.24) is 0 Å².